The molecule has 0 saturated heterocycles. The van der Waals surface area contributed by atoms with Crippen LogP contribution in [0.4, 0.5) is 0 Å². The van der Waals surface area contributed by atoms with Crippen molar-refractivity contribution in [3.05, 3.63) is 36.0 Å². The Bertz CT molecular complexity index is 1030. The fourth-order valence-corrected chi connectivity index (χ4v) is 3.93. The van der Waals surface area contributed by atoms with Crippen molar-refractivity contribution >= 4 is 37.9 Å². The van der Waals surface area contributed by atoms with Gasteiger partial charge in [-0.2, -0.15) is 0 Å². The van der Waals surface area contributed by atoms with Gasteiger partial charge in [0.05, 0.1) is 22.8 Å². The lowest BCUT2D eigenvalue weighted by Gasteiger charge is -2.11. The maximum absolute atomic E-state index is 12.4. The summed E-state index contributed by atoms with van der Waals surface area (Å²) in [4.78, 5) is 12.4. The third-order valence-electron chi connectivity index (χ3n) is 3.80. The van der Waals surface area contributed by atoms with E-state index in [9.17, 15) is 13.2 Å². The van der Waals surface area contributed by atoms with Gasteiger partial charge in [0.15, 0.2) is 0 Å². The lowest BCUT2D eigenvalue weighted by molar-refractivity contribution is 0.0937. The average molecular weight is 333 g/mol. The van der Waals surface area contributed by atoms with Crippen LogP contribution < -0.4 is 5.32 Å². The molecule has 0 bridgehead atoms. The Kier molecular flexibility index (Phi) is 3.48. The number of amides is 1. The second kappa shape index (κ2) is 5.13. The van der Waals surface area contributed by atoms with Gasteiger partial charge >= 0.3 is 0 Å². The monoisotopic (exact) mass is 333 g/mol. The van der Waals surface area contributed by atoms with Gasteiger partial charge in [0, 0.05) is 18.5 Å². The number of para-hydroxylation sites is 1. The van der Waals surface area contributed by atoms with Crippen LogP contribution >= 0.6 is 0 Å². The van der Waals surface area contributed by atoms with Gasteiger partial charge in [-0.25, -0.2) is 12.4 Å². The minimum atomic E-state index is -3.63. The fraction of sp³-hybridized carbons (Fsp3) is 0.312. The van der Waals surface area contributed by atoms with Crippen molar-refractivity contribution in [3.63, 3.8) is 0 Å². The molecule has 0 saturated carbocycles. The first-order chi connectivity index (χ1) is 10.7. The zero-order valence-corrected chi connectivity index (χ0v) is 14.3. The summed E-state index contributed by atoms with van der Waals surface area (Å²) in [6.07, 6.45) is 1.11. The molecule has 0 spiro atoms. The second-order valence-corrected chi connectivity index (χ2v) is 7.83. The van der Waals surface area contributed by atoms with E-state index < -0.39 is 15.9 Å². The minimum Gasteiger partial charge on any atom is -0.349 e. The number of rotatable bonds is 3. The van der Waals surface area contributed by atoms with Gasteiger partial charge in [-0.15, -0.1) is 0 Å². The fourth-order valence-electron chi connectivity index (χ4n) is 2.92. The number of hydrogen-bond acceptors (Lipinski definition) is 3. The standard InChI is InChI=1S/C16H19N3O3S/c1-10(2)17-16(20)14-9-13-15(19(14)23(4,21)22)11-7-5-6-8-12(11)18(13)3/h5-10H,1-4H3,(H,17,20). The van der Waals surface area contributed by atoms with Gasteiger partial charge in [0.25, 0.3) is 5.91 Å². The maximum atomic E-state index is 12.4. The number of nitrogens with one attached hydrogen (secondary N) is 1. The summed E-state index contributed by atoms with van der Waals surface area (Å²) in [5.41, 5.74) is 2.31. The Hall–Kier alpha value is -2.28. The highest BCUT2D eigenvalue weighted by Gasteiger charge is 2.25. The van der Waals surface area contributed by atoms with Crippen LogP contribution in [-0.4, -0.2) is 35.2 Å². The quantitative estimate of drug-likeness (QED) is 0.797. The molecule has 0 aliphatic rings. The van der Waals surface area contributed by atoms with Crippen LogP contribution in [0, 0.1) is 0 Å². The predicted octanol–water partition coefficient (Wildman–Crippen LogP) is 2.08. The Morgan fingerprint density at radius 2 is 1.83 bits per heavy atom. The van der Waals surface area contributed by atoms with Crippen molar-refractivity contribution in [2.24, 2.45) is 7.05 Å². The topological polar surface area (TPSA) is 73.1 Å². The molecular formula is C16H19N3O3S. The Labute approximate surface area is 134 Å². The summed E-state index contributed by atoms with van der Waals surface area (Å²) in [6.45, 7) is 3.67. The number of nitrogens with zero attached hydrogens (tertiary/aromatic N) is 2. The number of aromatic nitrogens is 2. The van der Waals surface area contributed by atoms with Crippen molar-refractivity contribution < 1.29 is 13.2 Å². The molecule has 3 rings (SSSR count). The number of fused-ring (bicyclic) bond motifs is 3. The summed E-state index contributed by atoms with van der Waals surface area (Å²) in [5, 5.41) is 3.56. The molecule has 23 heavy (non-hydrogen) atoms. The van der Waals surface area contributed by atoms with Crippen LogP contribution in [0.3, 0.4) is 0 Å². The lowest BCUT2D eigenvalue weighted by Crippen LogP contribution is -2.32. The summed E-state index contributed by atoms with van der Waals surface area (Å²) in [7, 11) is -1.77. The van der Waals surface area contributed by atoms with Crippen LogP contribution in [0.25, 0.3) is 21.9 Å². The van der Waals surface area contributed by atoms with Crippen LogP contribution in [0.15, 0.2) is 30.3 Å². The highest BCUT2D eigenvalue weighted by molar-refractivity contribution is 7.89. The first kappa shape index (κ1) is 15.6. The van der Waals surface area contributed by atoms with Gasteiger partial charge < -0.3 is 9.88 Å². The van der Waals surface area contributed by atoms with Gasteiger partial charge in [-0.3, -0.25) is 4.79 Å². The zero-order valence-electron chi connectivity index (χ0n) is 13.5. The third-order valence-corrected chi connectivity index (χ3v) is 4.85. The van der Waals surface area contributed by atoms with Crippen molar-refractivity contribution in [1.82, 2.24) is 13.9 Å². The Balaban J connectivity index is 2.44. The van der Waals surface area contributed by atoms with Gasteiger partial charge in [-0.05, 0) is 26.0 Å². The van der Waals surface area contributed by atoms with E-state index in [1.165, 1.54) is 0 Å². The van der Waals surface area contributed by atoms with E-state index in [0.29, 0.717) is 11.0 Å². The van der Waals surface area contributed by atoms with Crippen molar-refractivity contribution in [2.75, 3.05) is 6.26 Å². The van der Waals surface area contributed by atoms with Crippen LogP contribution in [-0.2, 0) is 17.1 Å². The molecule has 2 heterocycles. The number of carbonyl (C=O) groups is 1. The predicted molar refractivity (Wildman–Crippen MR) is 91.3 cm³/mol. The smallest absolute Gasteiger partial charge is 0.269 e. The van der Waals surface area contributed by atoms with Crippen LogP contribution in [0.2, 0.25) is 0 Å². The highest BCUT2D eigenvalue weighted by atomic mass is 32.2. The largest absolute Gasteiger partial charge is 0.349 e. The van der Waals surface area contributed by atoms with E-state index in [1.807, 2.05) is 49.7 Å². The SMILES string of the molecule is CC(C)NC(=O)c1cc2c(c3ccccc3n2C)n1S(C)(=O)=O. The van der Waals surface area contributed by atoms with Gasteiger partial charge in [0.2, 0.25) is 10.0 Å². The summed E-state index contributed by atoms with van der Waals surface area (Å²) < 4.78 is 27.7. The maximum Gasteiger partial charge on any atom is 0.269 e. The molecule has 6 nitrogen and oxygen atoms in total. The second-order valence-electron chi connectivity index (χ2n) is 6.00. The number of carbonyl (C=O) groups excluding carboxylic acids is 1. The first-order valence-corrected chi connectivity index (χ1v) is 9.17. The summed E-state index contributed by atoms with van der Waals surface area (Å²) in [5.74, 6) is -0.397. The normalized spacial score (nSPS) is 12.4. The summed E-state index contributed by atoms with van der Waals surface area (Å²) >= 11 is 0. The molecule has 0 radical (unpaired) electrons. The van der Waals surface area contributed by atoms with E-state index in [2.05, 4.69) is 5.32 Å². The molecule has 2 aromatic heterocycles. The molecule has 1 aromatic carbocycles. The van der Waals surface area contributed by atoms with E-state index >= 15 is 0 Å². The molecule has 0 fully saturated rings. The number of benzene rings is 1. The van der Waals surface area contributed by atoms with Gasteiger partial charge in [0.1, 0.15) is 5.69 Å². The third kappa shape index (κ3) is 2.41. The lowest BCUT2D eigenvalue weighted by atomic mass is 10.2. The van der Waals surface area contributed by atoms with E-state index in [4.69, 9.17) is 0 Å². The van der Waals surface area contributed by atoms with E-state index in [-0.39, 0.29) is 11.7 Å². The molecule has 0 aliphatic heterocycles. The van der Waals surface area contributed by atoms with Crippen LogP contribution in [0.5, 0.6) is 0 Å². The average Bonchev–Trinajstić information content (AvgIpc) is 2.96. The Morgan fingerprint density at radius 1 is 1.17 bits per heavy atom. The number of hydrogen-bond donors (Lipinski definition) is 1. The Morgan fingerprint density at radius 3 is 2.43 bits per heavy atom. The van der Waals surface area contributed by atoms with Gasteiger partial charge in [-0.1, -0.05) is 18.2 Å². The molecule has 1 N–H and O–H groups in total. The molecule has 0 unspecified atom stereocenters. The van der Waals surface area contributed by atoms with E-state index in [1.54, 1.807) is 6.07 Å². The number of aryl methyl sites for hydroxylation is 1. The first-order valence-electron chi connectivity index (χ1n) is 7.32. The highest BCUT2D eigenvalue weighted by Crippen LogP contribution is 2.31. The molecule has 0 atom stereocenters. The molecule has 7 heteroatoms. The molecule has 0 aliphatic carbocycles. The van der Waals surface area contributed by atoms with Crippen molar-refractivity contribution in [2.45, 2.75) is 19.9 Å². The van der Waals surface area contributed by atoms with Crippen LogP contribution in [0.1, 0.15) is 24.3 Å². The van der Waals surface area contributed by atoms with Crippen molar-refractivity contribution in [3.8, 4) is 0 Å². The zero-order chi connectivity index (χ0) is 16.9. The minimum absolute atomic E-state index is 0.0785. The van der Waals surface area contributed by atoms with E-state index in [0.717, 1.165) is 21.1 Å². The van der Waals surface area contributed by atoms with Crippen molar-refractivity contribution in [1.29, 1.82) is 0 Å². The molecular weight excluding hydrogens is 314 g/mol. The molecule has 3 aromatic rings. The molecule has 122 valence electrons. The summed E-state index contributed by atoms with van der Waals surface area (Å²) in [6, 6.07) is 9.10. The molecule has 1 amide bonds.